The van der Waals surface area contributed by atoms with Crippen molar-refractivity contribution < 1.29 is 8.42 Å². The summed E-state index contributed by atoms with van der Waals surface area (Å²) in [6, 6.07) is 4.23. The van der Waals surface area contributed by atoms with Gasteiger partial charge in [-0.2, -0.15) is 5.26 Å². The van der Waals surface area contributed by atoms with Gasteiger partial charge in [0.15, 0.2) is 0 Å². The third-order valence-corrected chi connectivity index (χ3v) is 3.77. The minimum absolute atomic E-state index is 0.0309. The third-order valence-electron chi connectivity index (χ3n) is 2.26. The van der Waals surface area contributed by atoms with Crippen LogP contribution in [0.1, 0.15) is 19.0 Å². The Morgan fingerprint density at radius 1 is 1.59 bits per heavy atom. The second-order valence-corrected chi connectivity index (χ2v) is 5.17. The molecule has 17 heavy (non-hydrogen) atoms. The van der Waals surface area contributed by atoms with Crippen molar-refractivity contribution in [3.8, 4) is 6.07 Å². The van der Waals surface area contributed by atoms with Crippen molar-refractivity contribution in [1.82, 2.24) is 9.71 Å². The van der Waals surface area contributed by atoms with Crippen molar-refractivity contribution in [2.24, 2.45) is 5.73 Å². The van der Waals surface area contributed by atoms with Gasteiger partial charge in [-0.05, 0) is 18.6 Å². The summed E-state index contributed by atoms with van der Waals surface area (Å²) in [6.45, 7) is 2.08. The van der Waals surface area contributed by atoms with E-state index in [1.54, 1.807) is 0 Å². The molecule has 1 unspecified atom stereocenters. The molecule has 0 aliphatic rings. The normalized spacial score (nSPS) is 13.0. The topological polar surface area (TPSA) is 109 Å². The Hall–Kier alpha value is -1.49. The number of pyridine rings is 1. The Balaban J connectivity index is 2.93. The number of hydrogen-bond donors (Lipinski definition) is 2. The van der Waals surface area contributed by atoms with Crippen molar-refractivity contribution in [2.45, 2.75) is 24.3 Å². The van der Waals surface area contributed by atoms with E-state index in [1.807, 2.05) is 13.0 Å². The first-order chi connectivity index (χ1) is 8.03. The zero-order valence-corrected chi connectivity index (χ0v) is 10.2. The van der Waals surface area contributed by atoms with Crippen LogP contribution in [0.4, 0.5) is 0 Å². The highest BCUT2D eigenvalue weighted by atomic mass is 32.2. The van der Waals surface area contributed by atoms with Crippen LogP contribution in [0.15, 0.2) is 23.2 Å². The van der Waals surface area contributed by atoms with Gasteiger partial charge in [0.1, 0.15) is 16.7 Å². The van der Waals surface area contributed by atoms with Gasteiger partial charge >= 0.3 is 0 Å². The molecule has 0 amide bonds. The van der Waals surface area contributed by atoms with E-state index in [1.165, 1.54) is 12.1 Å². The second kappa shape index (κ2) is 5.72. The van der Waals surface area contributed by atoms with Gasteiger partial charge in [0.2, 0.25) is 10.0 Å². The highest BCUT2D eigenvalue weighted by Gasteiger charge is 2.18. The van der Waals surface area contributed by atoms with Gasteiger partial charge in [-0.3, -0.25) is 0 Å². The molecule has 0 spiro atoms. The van der Waals surface area contributed by atoms with E-state index in [0.29, 0.717) is 6.42 Å². The van der Waals surface area contributed by atoms with Gasteiger partial charge in [-0.15, -0.1) is 0 Å². The van der Waals surface area contributed by atoms with Crippen LogP contribution in [0.5, 0.6) is 0 Å². The van der Waals surface area contributed by atoms with Crippen molar-refractivity contribution >= 4 is 10.0 Å². The molecule has 0 fully saturated rings. The molecular formula is C10H14N4O2S. The molecule has 92 valence electrons. The first-order valence-corrected chi connectivity index (χ1v) is 6.60. The fourth-order valence-electron chi connectivity index (χ4n) is 1.19. The van der Waals surface area contributed by atoms with Crippen LogP contribution in [0.25, 0.3) is 0 Å². The lowest BCUT2D eigenvalue weighted by molar-refractivity contribution is 0.542. The Morgan fingerprint density at radius 2 is 2.29 bits per heavy atom. The van der Waals surface area contributed by atoms with Crippen LogP contribution in [-0.2, 0) is 10.0 Å². The highest BCUT2D eigenvalue weighted by Crippen LogP contribution is 2.08. The summed E-state index contributed by atoms with van der Waals surface area (Å²) in [4.78, 5) is 3.74. The van der Waals surface area contributed by atoms with Gasteiger partial charge in [-0.25, -0.2) is 18.1 Å². The van der Waals surface area contributed by atoms with Crippen LogP contribution < -0.4 is 10.5 Å². The molecule has 1 aromatic heterocycles. The van der Waals surface area contributed by atoms with Gasteiger partial charge in [-0.1, -0.05) is 6.92 Å². The quantitative estimate of drug-likeness (QED) is 0.766. The molecular weight excluding hydrogens is 240 g/mol. The molecule has 7 heteroatoms. The number of rotatable bonds is 5. The predicted molar refractivity (Wildman–Crippen MR) is 62.4 cm³/mol. The summed E-state index contributed by atoms with van der Waals surface area (Å²) >= 11 is 0. The zero-order chi connectivity index (χ0) is 12.9. The van der Waals surface area contributed by atoms with Crippen LogP contribution in [-0.4, -0.2) is 26.0 Å². The van der Waals surface area contributed by atoms with Crippen LogP contribution >= 0.6 is 0 Å². The maximum atomic E-state index is 11.9. The molecule has 0 aromatic carbocycles. The van der Waals surface area contributed by atoms with Crippen LogP contribution in [0.2, 0.25) is 0 Å². The largest absolute Gasteiger partial charge is 0.329 e. The summed E-state index contributed by atoms with van der Waals surface area (Å²) in [7, 11) is -3.61. The SMILES string of the molecule is CCC(CN)NS(=O)(=O)c1ccc(C#N)nc1. The Morgan fingerprint density at radius 3 is 2.71 bits per heavy atom. The molecule has 1 rings (SSSR count). The molecule has 0 aliphatic heterocycles. The lowest BCUT2D eigenvalue weighted by Gasteiger charge is -2.14. The maximum absolute atomic E-state index is 11.9. The first kappa shape index (κ1) is 13.6. The van der Waals surface area contributed by atoms with Crippen molar-refractivity contribution in [3.05, 3.63) is 24.0 Å². The monoisotopic (exact) mass is 254 g/mol. The number of nitrogens with zero attached hydrogens (tertiary/aromatic N) is 2. The van der Waals surface area contributed by atoms with E-state index in [4.69, 9.17) is 11.0 Å². The Bertz CT molecular complexity index is 500. The standard InChI is InChI=1S/C10H14N4O2S/c1-2-8(5-11)14-17(15,16)10-4-3-9(6-12)13-7-10/h3-4,7-8,14H,2,5,11H2,1H3. The van der Waals surface area contributed by atoms with Gasteiger partial charge in [0, 0.05) is 18.8 Å². The third kappa shape index (κ3) is 3.49. The molecule has 0 radical (unpaired) electrons. The number of aromatic nitrogens is 1. The molecule has 1 aromatic rings. The lowest BCUT2D eigenvalue weighted by atomic mass is 10.2. The Kier molecular flexibility index (Phi) is 4.57. The summed E-state index contributed by atoms with van der Waals surface area (Å²) < 4.78 is 26.2. The van der Waals surface area contributed by atoms with Gasteiger partial charge < -0.3 is 5.73 Å². The predicted octanol–water partition coefficient (Wildman–Crippen LogP) is -0.0311. The average molecular weight is 254 g/mol. The molecule has 1 heterocycles. The minimum Gasteiger partial charge on any atom is -0.329 e. The van der Waals surface area contributed by atoms with Crippen LogP contribution in [0.3, 0.4) is 0 Å². The van der Waals surface area contributed by atoms with E-state index >= 15 is 0 Å². The van der Waals surface area contributed by atoms with Gasteiger partial charge in [0.05, 0.1) is 0 Å². The lowest BCUT2D eigenvalue weighted by Crippen LogP contribution is -2.39. The maximum Gasteiger partial charge on any atom is 0.242 e. The summed E-state index contributed by atoms with van der Waals surface area (Å²) in [5.74, 6) is 0. The fraction of sp³-hybridized carbons (Fsp3) is 0.400. The minimum atomic E-state index is -3.61. The first-order valence-electron chi connectivity index (χ1n) is 5.12. The van der Waals surface area contributed by atoms with Gasteiger partial charge in [0.25, 0.3) is 0 Å². The van der Waals surface area contributed by atoms with Crippen molar-refractivity contribution in [1.29, 1.82) is 5.26 Å². The molecule has 6 nitrogen and oxygen atoms in total. The molecule has 0 saturated carbocycles. The highest BCUT2D eigenvalue weighted by molar-refractivity contribution is 7.89. The van der Waals surface area contributed by atoms with E-state index in [0.717, 1.165) is 6.20 Å². The zero-order valence-electron chi connectivity index (χ0n) is 9.42. The molecule has 0 bridgehead atoms. The van der Waals surface area contributed by atoms with E-state index < -0.39 is 10.0 Å². The molecule has 0 saturated heterocycles. The summed E-state index contributed by atoms with van der Waals surface area (Å²) in [5.41, 5.74) is 5.60. The molecule has 0 aliphatic carbocycles. The number of nitrogens with one attached hydrogen (secondary N) is 1. The summed E-state index contributed by atoms with van der Waals surface area (Å²) in [5, 5.41) is 8.56. The van der Waals surface area contributed by atoms with Crippen molar-refractivity contribution in [2.75, 3.05) is 6.54 Å². The summed E-state index contributed by atoms with van der Waals surface area (Å²) in [6.07, 6.45) is 1.77. The van der Waals surface area contributed by atoms with E-state index in [9.17, 15) is 8.42 Å². The van der Waals surface area contributed by atoms with Crippen LogP contribution in [0, 0.1) is 11.3 Å². The molecule has 1 atom stereocenters. The molecule has 3 N–H and O–H groups in total. The smallest absolute Gasteiger partial charge is 0.242 e. The van der Waals surface area contributed by atoms with E-state index in [-0.39, 0.29) is 23.2 Å². The Labute approximate surface area is 101 Å². The average Bonchev–Trinajstić information content (AvgIpc) is 2.36. The van der Waals surface area contributed by atoms with E-state index in [2.05, 4.69) is 9.71 Å². The number of nitrogens with two attached hydrogens (primary N) is 1. The van der Waals surface area contributed by atoms with Crippen molar-refractivity contribution in [3.63, 3.8) is 0 Å². The number of nitriles is 1. The second-order valence-electron chi connectivity index (χ2n) is 3.45. The fourth-order valence-corrected chi connectivity index (χ4v) is 2.47. The number of hydrogen-bond acceptors (Lipinski definition) is 5. The number of sulfonamides is 1.